The van der Waals surface area contributed by atoms with Gasteiger partial charge in [0.05, 0.1) is 12.2 Å². The fraction of sp³-hybridized carbons (Fsp3) is 0.625. The van der Waals surface area contributed by atoms with Crippen molar-refractivity contribution in [2.75, 3.05) is 4.90 Å². The number of rotatable bonds is 5. The molecule has 3 heterocycles. The molecule has 0 saturated heterocycles. The van der Waals surface area contributed by atoms with Crippen molar-refractivity contribution in [2.45, 2.75) is 129 Å². The highest BCUT2D eigenvalue weighted by Gasteiger charge is 2.40. The zero-order valence-electron chi connectivity index (χ0n) is 27.5. The molecule has 1 aliphatic rings. The molecule has 0 bridgehead atoms. The molecule has 11 heteroatoms. The second-order valence-corrected chi connectivity index (χ2v) is 20.2. The van der Waals surface area contributed by atoms with Crippen molar-refractivity contribution in [1.82, 2.24) is 14.8 Å². The fourth-order valence-corrected chi connectivity index (χ4v) is 7.10. The number of hydrogen-bond donors (Lipinski definition) is 2. The largest absolute Gasteiger partial charge is 0.464 e. The summed E-state index contributed by atoms with van der Waals surface area (Å²) in [6, 6.07) is 0.238. The number of amides is 2. The number of aromatic nitrogens is 3. The Labute approximate surface area is 255 Å². The van der Waals surface area contributed by atoms with Gasteiger partial charge in [-0.15, -0.1) is 0 Å². The Kier molecular flexibility index (Phi) is 8.42. The second kappa shape index (κ2) is 11.1. The maximum Gasteiger partial charge on any atom is 0.422 e. The lowest BCUT2D eigenvalue weighted by Gasteiger charge is -2.41. The van der Waals surface area contributed by atoms with Crippen molar-refractivity contribution < 1.29 is 28.6 Å². The van der Waals surface area contributed by atoms with Gasteiger partial charge in [-0.3, -0.25) is 4.68 Å². The topological polar surface area (TPSA) is 131 Å². The van der Waals surface area contributed by atoms with Gasteiger partial charge in [-0.05, 0) is 49.2 Å². The van der Waals surface area contributed by atoms with Crippen LogP contribution in [0.15, 0.2) is 23.0 Å². The molecule has 0 spiro atoms. The van der Waals surface area contributed by atoms with Crippen LogP contribution in [-0.4, -0.2) is 51.6 Å². The smallest absolute Gasteiger partial charge is 0.422 e. The molecule has 0 aromatic carbocycles. The van der Waals surface area contributed by atoms with Crippen molar-refractivity contribution in [2.24, 2.45) is 0 Å². The first kappa shape index (κ1) is 32.7. The van der Waals surface area contributed by atoms with Gasteiger partial charge in [0.25, 0.3) is 0 Å². The summed E-state index contributed by atoms with van der Waals surface area (Å²) in [4.78, 5) is 28.6. The molecule has 0 atom stereocenters. The molecule has 43 heavy (non-hydrogen) atoms. The van der Waals surface area contributed by atoms with E-state index in [9.17, 15) is 19.8 Å². The molecule has 236 valence electrons. The molecule has 1 fully saturated rings. The van der Waals surface area contributed by atoms with Crippen molar-refractivity contribution in [1.29, 1.82) is 0 Å². The minimum atomic E-state index is -1.83. The fourth-order valence-electron chi connectivity index (χ4n) is 5.68. The zero-order chi connectivity index (χ0) is 32.3. The third-order valence-electron chi connectivity index (χ3n) is 8.92. The van der Waals surface area contributed by atoms with E-state index in [0.29, 0.717) is 11.1 Å². The maximum absolute atomic E-state index is 12.0. The average molecular weight is 613 g/mol. The quantitative estimate of drug-likeness (QED) is 0.273. The zero-order valence-corrected chi connectivity index (χ0v) is 28.5. The first-order valence-corrected chi connectivity index (χ1v) is 18.0. The number of furan rings is 1. The van der Waals surface area contributed by atoms with Gasteiger partial charge in [0.1, 0.15) is 5.76 Å². The van der Waals surface area contributed by atoms with Gasteiger partial charge in [-0.2, -0.15) is 10.00 Å². The molecule has 0 unspecified atom stereocenters. The maximum atomic E-state index is 12.0. The third kappa shape index (κ3) is 6.38. The Morgan fingerprint density at radius 3 is 2.02 bits per heavy atom. The van der Waals surface area contributed by atoms with Gasteiger partial charge < -0.3 is 19.1 Å². The van der Waals surface area contributed by atoms with E-state index in [0.717, 1.165) is 42.4 Å². The predicted octanol–water partition coefficient (Wildman–Crippen LogP) is 8.95. The summed E-state index contributed by atoms with van der Waals surface area (Å²) in [5.74, 6) is 0.390. The molecule has 1 aliphatic carbocycles. The van der Waals surface area contributed by atoms with Crippen LogP contribution in [0.1, 0.15) is 105 Å². The number of anilines is 1. The van der Waals surface area contributed by atoms with E-state index >= 15 is 0 Å². The van der Waals surface area contributed by atoms with Crippen LogP contribution < -0.4 is 4.90 Å². The summed E-state index contributed by atoms with van der Waals surface area (Å²) >= 11 is 0. The summed E-state index contributed by atoms with van der Waals surface area (Å²) in [7, 11) is -1.83. The number of hydrogen-bond acceptors (Lipinski definition) is 6. The van der Waals surface area contributed by atoms with E-state index in [1.807, 2.05) is 31.6 Å². The molecule has 2 N–H and O–H groups in total. The number of nitrogens with zero attached hydrogens (tertiary/aromatic N) is 4. The van der Waals surface area contributed by atoms with Crippen LogP contribution >= 0.6 is 0 Å². The molecule has 3 aromatic rings. The van der Waals surface area contributed by atoms with Gasteiger partial charge >= 0.3 is 12.2 Å². The van der Waals surface area contributed by atoms with Crippen molar-refractivity contribution in [3.8, 4) is 11.1 Å². The first-order chi connectivity index (χ1) is 19.6. The summed E-state index contributed by atoms with van der Waals surface area (Å²) in [6.45, 7) is 23.7. The average Bonchev–Trinajstić information content (AvgIpc) is 3.49. The van der Waals surface area contributed by atoms with Crippen molar-refractivity contribution in [3.05, 3.63) is 29.9 Å². The highest BCUT2D eigenvalue weighted by molar-refractivity contribution is 6.74. The molecule has 1 saturated carbocycles. The summed E-state index contributed by atoms with van der Waals surface area (Å²) < 4.78 is 15.1. The van der Waals surface area contributed by atoms with Gasteiger partial charge in [-0.25, -0.2) is 14.6 Å². The summed E-state index contributed by atoms with van der Waals surface area (Å²) in [6.07, 6.45) is 6.22. The van der Waals surface area contributed by atoms with Crippen LogP contribution in [0.5, 0.6) is 0 Å². The van der Waals surface area contributed by atoms with E-state index in [-0.39, 0.29) is 33.5 Å². The minimum absolute atomic E-state index is 0.133. The molecule has 0 aliphatic heterocycles. The number of fused-ring (bicyclic) bond motifs is 1. The van der Waals surface area contributed by atoms with Crippen LogP contribution in [0.25, 0.3) is 22.1 Å². The lowest BCUT2D eigenvalue weighted by atomic mass is 9.78. The number of carbonyl (C=O) groups is 2. The van der Waals surface area contributed by atoms with Gasteiger partial charge in [0.15, 0.2) is 19.7 Å². The van der Waals surface area contributed by atoms with Crippen LogP contribution in [-0.2, 0) is 15.3 Å². The Morgan fingerprint density at radius 1 is 0.953 bits per heavy atom. The SMILES string of the molecule is CC(C)(C)c1oc2c(N(C(=O)O)C(=O)O)ncc(-c3cnn([C@H]4CC[C@H](O[Si](C)(C)C(C)(C)C)CC4)c3)c2c1C(C)(C)C. The van der Waals surface area contributed by atoms with Gasteiger partial charge in [0.2, 0.25) is 0 Å². The lowest BCUT2D eigenvalue weighted by molar-refractivity contribution is 0.115. The molecule has 2 amide bonds. The van der Waals surface area contributed by atoms with Crippen molar-refractivity contribution >= 4 is 37.3 Å². The van der Waals surface area contributed by atoms with Crippen molar-refractivity contribution in [3.63, 3.8) is 0 Å². The molecular weight excluding hydrogens is 564 g/mol. The first-order valence-electron chi connectivity index (χ1n) is 15.1. The highest BCUT2D eigenvalue weighted by Crippen LogP contribution is 2.47. The third-order valence-corrected chi connectivity index (χ3v) is 13.5. The molecule has 4 rings (SSSR count). The number of pyridine rings is 1. The number of carboxylic acid groups (broad SMARTS) is 2. The van der Waals surface area contributed by atoms with Crippen LogP contribution in [0.2, 0.25) is 18.1 Å². The standard InChI is InChI=1S/C32H48N4O6Si/c1-30(2,3)24-23-22(17-33-27(36(28(37)38)29(39)40)25(23)41-26(24)31(4,5)6)19-16-34-35(18-19)20-12-14-21(15-13-20)42-43(10,11)32(7,8)9/h16-18,20-21H,12-15H2,1-11H3,(H,37,38)(H,39,40)/t20-,21-. The highest BCUT2D eigenvalue weighted by atomic mass is 28.4. The Bertz CT molecular complexity index is 1500. The second-order valence-electron chi connectivity index (χ2n) is 15.4. The Balaban J connectivity index is 1.77. The van der Waals surface area contributed by atoms with E-state index in [2.05, 4.69) is 59.6 Å². The lowest BCUT2D eigenvalue weighted by Crippen LogP contribution is -2.44. The molecule has 10 nitrogen and oxygen atoms in total. The van der Waals surface area contributed by atoms with E-state index in [4.69, 9.17) is 13.9 Å². The Morgan fingerprint density at radius 2 is 1.53 bits per heavy atom. The van der Waals surface area contributed by atoms with E-state index in [1.54, 1.807) is 12.4 Å². The molecule has 0 radical (unpaired) electrons. The van der Waals surface area contributed by atoms with Crippen LogP contribution in [0, 0.1) is 0 Å². The predicted molar refractivity (Wildman–Crippen MR) is 171 cm³/mol. The number of imide groups is 1. The summed E-state index contributed by atoms with van der Waals surface area (Å²) in [5, 5.41) is 25.1. The Hall–Kier alpha value is -3.18. The van der Waals surface area contributed by atoms with Crippen LogP contribution in [0.4, 0.5) is 15.4 Å². The van der Waals surface area contributed by atoms with Gasteiger partial charge in [-0.1, -0.05) is 62.3 Å². The minimum Gasteiger partial charge on any atom is -0.464 e. The molecular formula is C32H48N4O6Si. The van der Waals surface area contributed by atoms with Gasteiger partial charge in [0, 0.05) is 46.0 Å². The summed E-state index contributed by atoms with van der Waals surface area (Å²) in [5.41, 5.74) is 1.71. The monoisotopic (exact) mass is 612 g/mol. The van der Waals surface area contributed by atoms with E-state index in [1.165, 1.54) is 0 Å². The van der Waals surface area contributed by atoms with Crippen LogP contribution in [0.3, 0.4) is 0 Å². The molecule has 3 aromatic heterocycles. The normalized spacial score (nSPS) is 18.7. The van der Waals surface area contributed by atoms with E-state index < -0.39 is 31.3 Å².